The normalized spacial score (nSPS) is 18.8. The summed E-state index contributed by atoms with van der Waals surface area (Å²) in [4.78, 5) is 21.2. The fraction of sp³-hybridized carbons (Fsp3) is 0.310. The molecule has 1 fully saturated rings. The highest BCUT2D eigenvalue weighted by Crippen LogP contribution is 2.50. The largest absolute Gasteiger partial charge is 0.481 e. The van der Waals surface area contributed by atoms with Gasteiger partial charge in [-0.1, -0.05) is 17.9 Å². The van der Waals surface area contributed by atoms with E-state index in [1.165, 1.54) is 31.5 Å². The molecule has 0 bridgehead atoms. The van der Waals surface area contributed by atoms with Gasteiger partial charge in [0, 0.05) is 73.3 Å². The van der Waals surface area contributed by atoms with Crippen molar-refractivity contribution >= 4 is 11.6 Å². The summed E-state index contributed by atoms with van der Waals surface area (Å²) in [5, 5.41) is 2.67. The molecule has 1 amide bonds. The number of methoxy groups -OCH3 is 1. The maximum Gasteiger partial charge on any atom is 0.275 e. The maximum absolute atomic E-state index is 15.0. The molecule has 2 aromatic carbocycles. The second-order valence-corrected chi connectivity index (χ2v) is 9.55. The zero-order valence-electron chi connectivity index (χ0n) is 21.1. The smallest absolute Gasteiger partial charge is 0.275 e. The highest BCUT2D eigenvalue weighted by molar-refractivity contribution is 6.04. The molecule has 5 rings (SSSR count). The average Bonchev–Trinajstić information content (AvgIpc) is 3.18. The number of likely N-dealkylation sites (N-methyl/N-ethyl adjacent to an activating group) is 1. The van der Waals surface area contributed by atoms with Gasteiger partial charge in [-0.25, -0.2) is 18.2 Å². The van der Waals surface area contributed by atoms with Crippen LogP contribution >= 0.6 is 0 Å². The molecule has 6 nitrogen and oxygen atoms in total. The van der Waals surface area contributed by atoms with Crippen molar-refractivity contribution in [2.45, 2.75) is 18.4 Å². The van der Waals surface area contributed by atoms with Crippen molar-refractivity contribution in [2.24, 2.45) is 0 Å². The molecule has 196 valence electrons. The molecule has 1 aliphatic heterocycles. The van der Waals surface area contributed by atoms with Crippen LogP contribution in [-0.4, -0.2) is 61.0 Å². The summed E-state index contributed by atoms with van der Waals surface area (Å²) in [5.41, 5.74) is 1.56. The van der Waals surface area contributed by atoms with Gasteiger partial charge in [-0.2, -0.15) is 0 Å². The van der Waals surface area contributed by atoms with Crippen LogP contribution < -0.4 is 10.1 Å². The van der Waals surface area contributed by atoms with Crippen molar-refractivity contribution < 1.29 is 22.7 Å². The maximum atomic E-state index is 15.0. The minimum Gasteiger partial charge on any atom is -0.481 e. The number of fused-ring (bicyclic) bond motifs is 1. The molecule has 3 aromatic rings. The number of carbonyl (C=O) groups is 1. The number of amides is 1. The molecular weight excluding hydrogens is 493 g/mol. The third-order valence-corrected chi connectivity index (χ3v) is 7.01. The van der Waals surface area contributed by atoms with E-state index in [2.05, 4.69) is 31.9 Å². The van der Waals surface area contributed by atoms with Gasteiger partial charge < -0.3 is 15.0 Å². The number of aromatic nitrogens is 1. The lowest BCUT2D eigenvalue weighted by atomic mass is 10.0. The van der Waals surface area contributed by atoms with E-state index in [4.69, 9.17) is 4.74 Å². The molecule has 1 saturated heterocycles. The summed E-state index contributed by atoms with van der Waals surface area (Å²) < 4.78 is 49.5. The number of pyridine rings is 1. The molecule has 9 heteroatoms. The molecule has 2 aliphatic rings. The molecule has 1 unspecified atom stereocenters. The molecule has 0 spiro atoms. The number of halogens is 3. The van der Waals surface area contributed by atoms with Crippen molar-refractivity contribution in [3.8, 4) is 17.7 Å². The van der Waals surface area contributed by atoms with Crippen molar-refractivity contribution in [1.82, 2.24) is 14.8 Å². The first-order chi connectivity index (χ1) is 18.2. The first-order valence-corrected chi connectivity index (χ1v) is 12.3. The lowest BCUT2D eigenvalue weighted by Gasteiger charge is -2.36. The standard InChI is InChI=1S/C29H27F3N4O2/c1-35-11-13-36(14-12-35)26-18-29(31,32)24-17-22(6-7-23(24)26)34-28(37)21-5-8-25(30)20(16-21)4-3-19-9-10-33-27(15-19)38-2/h5-10,15-17,26H,11-14,18H2,1-2H3,(H,34,37). The van der Waals surface area contributed by atoms with Crippen LogP contribution in [0.2, 0.25) is 0 Å². The molecule has 2 heterocycles. The second-order valence-electron chi connectivity index (χ2n) is 9.55. The van der Waals surface area contributed by atoms with Gasteiger partial charge in [0.2, 0.25) is 5.88 Å². The third kappa shape index (κ3) is 5.37. The van der Waals surface area contributed by atoms with Crippen molar-refractivity contribution in [3.63, 3.8) is 0 Å². The van der Waals surface area contributed by atoms with Gasteiger partial charge in [0.15, 0.2) is 0 Å². The first-order valence-electron chi connectivity index (χ1n) is 12.3. The minimum atomic E-state index is -2.99. The van der Waals surface area contributed by atoms with Gasteiger partial charge in [0.25, 0.3) is 11.8 Å². The molecule has 1 aromatic heterocycles. The molecule has 1 N–H and O–H groups in total. The monoisotopic (exact) mass is 520 g/mol. The Hall–Kier alpha value is -3.87. The van der Waals surface area contributed by atoms with E-state index in [-0.39, 0.29) is 34.8 Å². The number of benzene rings is 2. The number of piperazine rings is 1. The zero-order chi connectivity index (χ0) is 26.9. The summed E-state index contributed by atoms with van der Waals surface area (Å²) in [6.45, 7) is 3.15. The summed E-state index contributed by atoms with van der Waals surface area (Å²) in [6.07, 6.45) is 1.25. The summed E-state index contributed by atoms with van der Waals surface area (Å²) in [7, 11) is 3.51. The van der Waals surface area contributed by atoms with Crippen LogP contribution in [0, 0.1) is 17.7 Å². The molecule has 1 aliphatic carbocycles. The van der Waals surface area contributed by atoms with Crippen molar-refractivity contribution in [3.05, 3.63) is 88.4 Å². The number of hydrogen-bond donors (Lipinski definition) is 1. The van der Waals surface area contributed by atoms with Crippen LogP contribution in [-0.2, 0) is 5.92 Å². The Morgan fingerprint density at radius 3 is 2.63 bits per heavy atom. The third-order valence-electron chi connectivity index (χ3n) is 7.01. The van der Waals surface area contributed by atoms with Crippen LogP contribution in [0.1, 0.15) is 45.1 Å². The highest BCUT2D eigenvalue weighted by atomic mass is 19.3. The Morgan fingerprint density at radius 2 is 1.87 bits per heavy atom. The van der Waals surface area contributed by atoms with Gasteiger partial charge in [0.05, 0.1) is 12.7 Å². The predicted molar refractivity (Wildman–Crippen MR) is 138 cm³/mol. The van der Waals surface area contributed by atoms with Crippen LogP contribution in [0.25, 0.3) is 0 Å². The van der Waals surface area contributed by atoms with Gasteiger partial charge in [-0.3, -0.25) is 9.69 Å². The van der Waals surface area contributed by atoms with Gasteiger partial charge in [-0.15, -0.1) is 0 Å². The average molecular weight is 521 g/mol. The molecular formula is C29H27F3N4O2. The summed E-state index contributed by atoms with van der Waals surface area (Å²) >= 11 is 0. The lowest BCUT2D eigenvalue weighted by molar-refractivity contribution is -0.0257. The van der Waals surface area contributed by atoms with Crippen molar-refractivity contribution in [2.75, 3.05) is 45.7 Å². The zero-order valence-corrected chi connectivity index (χ0v) is 21.1. The van der Waals surface area contributed by atoms with Gasteiger partial charge >= 0.3 is 0 Å². The number of anilines is 1. The molecule has 1 atom stereocenters. The first kappa shape index (κ1) is 25.8. The van der Waals surface area contributed by atoms with E-state index < -0.39 is 17.6 Å². The van der Waals surface area contributed by atoms with Crippen LogP contribution in [0.4, 0.5) is 18.9 Å². The van der Waals surface area contributed by atoms with Crippen LogP contribution in [0.5, 0.6) is 5.88 Å². The Bertz CT molecular complexity index is 1420. The van der Waals surface area contributed by atoms with E-state index >= 15 is 8.78 Å². The molecule has 38 heavy (non-hydrogen) atoms. The summed E-state index contributed by atoms with van der Waals surface area (Å²) in [5.74, 6) is 1.82. The van der Waals surface area contributed by atoms with Gasteiger partial charge in [-0.05, 0) is 49.0 Å². The lowest BCUT2D eigenvalue weighted by Crippen LogP contribution is -2.45. The highest BCUT2D eigenvalue weighted by Gasteiger charge is 2.47. The summed E-state index contributed by atoms with van der Waals surface area (Å²) in [6, 6.07) is 11.4. The van der Waals surface area contributed by atoms with Crippen LogP contribution in [0.15, 0.2) is 54.7 Å². The molecule has 0 saturated carbocycles. The number of alkyl halides is 2. The van der Waals surface area contributed by atoms with Gasteiger partial charge in [0.1, 0.15) is 5.82 Å². The number of nitrogens with one attached hydrogen (secondary N) is 1. The van der Waals surface area contributed by atoms with E-state index in [1.807, 2.05) is 7.05 Å². The number of nitrogens with zero attached hydrogens (tertiary/aromatic N) is 3. The SMILES string of the molecule is COc1cc(C#Cc2cc(C(=O)Nc3ccc4c(c3)C(F)(F)CC4N3CCN(C)CC3)ccc2F)ccn1. The predicted octanol–water partition coefficient (Wildman–Crippen LogP) is 4.67. The molecule has 0 radical (unpaired) electrons. The Kier molecular flexibility index (Phi) is 7.11. The minimum absolute atomic E-state index is 0.0314. The van der Waals surface area contributed by atoms with Crippen LogP contribution in [0.3, 0.4) is 0 Å². The number of rotatable bonds is 4. The number of ether oxygens (including phenoxy) is 1. The van der Waals surface area contributed by atoms with E-state index in [9.17, 15) is 9.18 Å². The Morgan fingerprint density at radius 1 is 1.08 bits per heavy atom. The second kappa shape index (κ2) is 10.5. The van der Waals surface area contributed by atoms with Crippen molar-refractivity contribution in [1.29, 1.82) is 0 Å². The van der Waals surface area contributed by atoms with E-state index in [1.54, 1.807) is 24.3 Å². The Labute approximate surface area is 219 Å². The topological polar surface area (TPSA) is 57.7 Å². The number of carbonyl (C=O) groups excluding carboxylic acids is 1. The fourth-order valence-corrected chi connectivity index (χ4v) is 4.87. The van der Waals surface area contributed by atoms with E-state index in [0.29, 0.717) is 17.0 Å². The van der Waals surface area contributed by atoms with E-state index in [0.717, 1.165) is 32.2 Å². The number of hydrogen-bond acceptors (Lipinski definition) is 5. The Balaban J connectivity index is 1.34. The fourth-order valence-electron chi connectivity index (χ4n) is 4.87. The quantitative estimate of drug-likeness (QED) is 0.507.